The van der Waals surface area contributed by atoms with Gasteiger partial charge in [0.25, 0.3) is 0 Å². The zero-order valence-electron chi connectivity index (χ0n) is 16.0. The van der Waals surface area contributed by atoms with Gasteiger partial charge in [0.15, 0.2) is 0 Å². The van der Waals surface area contributed by atoms with Crippen LogP contribution in [-0.4, -0.2) is 33.0 Å². The van der Waals surface area contributed by atoms with Crippen molar-refractivity contribution >= 4 is 28.2 Å². The van der Waals surface area contributed by atoms with Gasteiger partial charge in [0.05, 0.1) is 11.6 Å². The number of rotatable bonds is 4. The molecule has 2 atom stereocenters. The molecular formula is C20H28N2O3S. The number of benzene rings is 1. The Balaban J connectivity index is 1.79. The molecule has 2 aromatic rings. The topological polar surface area (TPSA) is 66.3 Å². The van der Waals surface area contributed by atoms with Crippen LogP contribution < -0.4 is 4.72 Å². The summed E-state index contributed by atoms with van der Waals surface area (Å²) in [5.74, 6) is 0.185. The summed E-state index contributed by atoms with van der Waals surface area (Å²) in [5, 5.41) is 1.03. The van der Waals surface area contributed by atoms with Crippen LogP contribution in [0.4, 0.5) is 0 Å². The minimum Gasteiger partial charge on any atom is -0.598 e. The quantitative estimate of drug-likeness (QED) is 0.824. The van der Waals surface area contributed by atoms with E-state index < -0.39 is 11.4 Å². The number of nitrogens with zero attached hydrogens (tertiary/aromatic N) is 1. The van der Waals surface area contributed by atoms with E-state index in [9.17, 15) is 9.35 Å². The van der Waals surface area contributed by atoms with Crippen LogP contribution in [0.5, 0.6) is 0 Å². The average Bonchev–Trinajstić information content (AvgIpc) is 3.04. The van der Waals surface area contributed by atoms with Gasteiger partial charge in [-0.05, 0) is 64.3 Å². The largest absolute Gasteiger partial charge is 0.598 e. The van der Waals surface area contributed by atoms with Crippen LogP contribution in [0, 0.1) is 5.92 Å². The van der Waals surface area contributed by atoms with Crippen LogP contribution in [0.25, 0.3) is 10.9 Å². The molecular weight excluding hydrogens is 348 g/mol. The Morgan fingerprint density at radius 3 is 2.65 bits per heavy atom. The van der Waals surface area contributed by atoms with Gasteiger partial charge in [-0.25, -0.2) is 0 Å². The molecule has 0 spiro atoms. The lowest BCUT2D eigenvalue weighted by Gasteiger charge is -2.26. The molecule has 1 aliphatic rings. The van der Waals surface area contributed by atoms with Crippen molar-refractivity contribution in [1.29, 1.82) is 0 Å². The third kappa shape index (κ3) is 4.14. The summed E-state index contributed by atoms with van der Waals surface area (Å²) in [6, 6.07) is 8.01. The maximum absolute atomic E-state index is 12.8. The minimum absolute atomic E-state index is 0.0333. The molecule has 1 saturated heterocycles. The fourth-order valence-electron chi connectivity index (χ4n) is 3.17. The number of hydrogen-bond donors (Lipinski definition) is 1. The summed E-state index contributed by atoms with van der Waals surface area (Å²) in [4.78, 5) is 12.8. The van der Waals surface area contributed by atoms with Crippen LogP contribution in [-0.2, 0) is 16.1 Å². The fraction of sp³-hybridized carbons (Fsp3) is 0.550. The highest BCUT2D eigenvalue weighted by atomic mass is 32.2. The zero-order valence-corrected chi connectivity index (χ0v) is 16.8. The number of aromatic nitrogens is 1. The Kier molecular flexibility index (Phi) is 5.77. The van der Waals surface area contributed by atoms with E-state index >= 15 is 0 Å². The lowest BCUT2D eigenvalue weighted by Crippen LogP contribution is -2.40. The summed E-state index contributed by atoms with van der Waals surface area (Å²) >= 11 is -1.13. The van der Waals surface area contributed by atoms with Crippen molar-refractivity contribution < 1.29 is 14.1 Å². The van der Waals surface area contributed by atoms with Crippen LogP contribution in [0.1, 0.15) is 56.9 Å². The number of carbonyl (C=O) groups is 1. The molecule has 1 aliphatic heterocycles. The molecule has 142 valence electrons. The van der Waals surface area contributed by atoms with Gasteiger partial charge in [0.1, 0.15) is 4.75 Å². The molecule has 2 unspecified atom stereocenters. The second kappa shape index (κ2) is 7.72. The van der Waals surface area contributed by atoms with Crippen molar-refractivity contribution in [1.82, 2.24) is 9.29 Å². The summed E-state index contributed by atoms with van der Waals surface area (Å²) < 4.78 is 22.3. The highest BCUT2D eigenvalue weighted by Gasteiger charge is 2.28. The van der Waals surface area contributed by atoms with Crippen LogP contribution in [0.15, 0.2) is 30.5 Å². The highest BCUT2D eigenvalue weighted by molar-refractivity contribution is 7.90. The first kappa shape index (κ1) is 19.4. The lowest BCUT2D eigenvalue weighted by molar-refractivity contribution is 0.0490. The molecule has 0 bridgehead atoms. The summed E-state index contributed by atoms with van der Waals surface area (Å²) in [5.41, 5.74) is 1.99. The predicted octanol–water partition coefficient (Wildman–Crippen LogP) is 3.82. The molecule has 0 aliphatic carbocycles. The monoisotopic (exact) mass is 376 g/mol. The second-order valence-electron chi connectivity index (χ2n) is 7.95. The van der Waals surface area contributed by atoms with Crippen LogP contribution >= 0.6 is 0 Å². The van der Waals surface area contributed by atoms with E-state index in [-0.39, 0.29) is 22.6 Å². The number of fused-ring (bicyclic) bond motifs is 1. The normalized spacial score (nSPS) is 18.8. The number of nitrogens with one attached hydrogen (secondary N) is 1. The minimum atomic E-state index is -1.13. The van der Waals surface area contributed by atoms with Gasteiger partial charge in [0.2, 0.25) is 5.91 Å². The first-order chi connectivity index (χ1) is 12.3. The van der Waals surface area contributed by atoms with Crippen molar-refractivity contribution in [3.05, 3.63) is 36.0 Å². The Morgan fingerprint density at radius 1 is 1.31 bits per heavy atom. The standard InChI is InChI=1S/C20H28N2O3S/c1-14(21-26(24)20(2,3)4)16-5-6-18-17(13-16)7-10-22(18)19(23)15-8-11-25-12-9-15/h5-7,10,13-15,21H,8-9,11-12H2,1-4H3. The van der Waals surface area contributed by atoms with Crippen LogP contribution in [0.3, 0.4) is 0 Å². The molecule has 5 nitrogen and oxygen atoms in total. The van der Waals surface area contributed by atoms with Crippen molar-refractivity contribution in [3.8, 4) is 0 Å². The van der Waals surface area contributed by atoms with E-state index in [1.807, 2.05) is 52.1 Å². The maximum atomic E-state index is 12.8. The van der Waals surface area contributed by atoms with E-state index in [0.29, 0.717) is 13.2 Å². The van der Waals surface area contributed by atoms with Crippen molar-refractivity contribution in [2.75, 3.05) is 13.2 Å². The lowest BCUT2D eigenvalue weighted by atomic mass is 9.99. The Bertz CT molecular complexity index is 775. The number of carbonyl (C=O) groups excluding carboxylic acids is 1. The van der Waals surface area contributed by atoms with E-state index in [1.54, 1.807) is 4.57 Å². The van der Waals surface area contributed by atoms with E-state index in [2.05, 4.69) is 10.8 Å². The molecule has 0 amide bonds. The third-order valence-corrected chi connectivity index (χ3v) is 6.54. The summed E-state index contributed by atoms with van der Waals surface area (Å²) in [7, 11) is 0. The molecule has 2 heterocycles. The first-order valence-corrected chi connectivity index (χ1v) is 10.3. The molecule has 0 saturated carbocycles. The number of ether oxygens (including phenoxy) is 1. The third-order valence-electron chi connectivity index (χ3n) is 4.86. The van der Waals surface area contributed by atoms with Crippen molar-refractivity contribution in [3.63, 3.8) is 0 Å². The van der Waals surface area contributed by atoms with Gasteiger partial charge >= 0.3 is 0 Å². The van der Waals surface area contributed by atoms with Gasteiger partial charge < -0.3 is 9.29 Å². The van der Waals surface area contributed by atoms with Gasteiger partial charge in [-0.3, -0.25) is 9.36 Å². The molecule has 3 rings (SSSR count). The molecule has 26 heavy (non-hydrogen) atoms. The van der Waals surface area contributed by atoms with Gasteiger partial charge in [-0.2, -0.15) is 0 Å². The predicted molar refractivity (Wildman–Crippen MR) is 106 cm³/mol. The van der Waals surface area contributed by atoms with Crippen molar-refractivity contribution in [2.45, 2.75) is 51.3 Å². The van der Waals surface area contributed by atoms with Crippen molar-refractivity contribution in [2.24, 2.45) is 5.92 Å². The van der Waals surface area contributed by atoms with Gasteiger partial charge in [0, 0.05) is 42.1 Å². The summed E-state index contributed by atoms with van der Waals surface area (Å²) in [6.45, 7) is 9.19. The first-order valence-electron chi connectivity index (χ1n) is 9.18. The number of hydrogen-bond acceptors (Lipinski definition) is 4. The van der Waals surface area contributed by atoms with E-state index in [0.717, 1.165) is 29.3 Å². The van der Waals surface area contributed by atoms with Crippen LogP contribution in [0.2, 0.25) is 0 Å². The molecule has 6 heteroatoms. The molecule has 1 N–H and O–H groups in total. The second-order valence-corrected chi connectivity index (χ2v) is 9.95. The molecule has 1 aromatic carbocycles. The zero-order chi connectivity index (χ0) is 18.9. The smallest absolute Gasteiger partial charge is 0.234 e. The fourth-order valence-corrected chi connectivity index (χ4v) is 3.98. The SMILES string of the molecule is CC(N[S+]([O-])C(C)(C)C)c1ccc2c(ccn2C(=O)C2CCOCC2)c1. The molecule has 0 radical (unpaired) electrons. The Morgan fingerprint density at radius 2 is 2.00 bits per heavy atom. The van der Waals surface area contributed by atoms with Gasteiger partial charge in [-0.1, -0.05) is 6.07 Å². The highest BCUT2D eigenvalue weighted by Crippen LogP contribution is 2.26. The maximum Gasteiger partial charge on any atom is 0.234 e. The molecule has 1 aromatic heterocycles. The molecule has 1 fully saturated rings. The Labute approximate surface area is 158 Å². The van der Waals surface area contributed by atoms with Gasteiger partial charge in [-0.15, -0.1) is 4.72 Å². The Hall–Kier alpha value is -1.34. The van der Waals surface area contributed by atoms with E-state index in [4.69, 9.17) is 4.74 Å². The average molecular weight is 377 g/mol. The summed E-state index contributed by atoms with van der Waals surface area (Å²) in [6.07, 6.45) is 3.43. The van der Waals surface area contributed by atoms with E-state index in [1.165, 1.54) is 0 Å².